The Labute approximate surface area is 185 Å². The molecule has 6 nitrogen and oxygen atoms in total. The molecule has 158 valence electrons. The van der Waals surface area contributed by atoms with Crippen molar-refractivity contribution in [2.75, 3.05) is 25.6 Å². The molecule has 0 bridgehead atoms. The summed E-state index contributed by atoms with van der Waals surface area (Å²) < 4.78 is 5.11. The van der Waals surface area contributed by atoms with E-state index in [4.69, 9.17) is 16.3 Å². The number of rotatable bonds is 8. The minimum Gasteiger partial charge on any atom is -0.385 e. The van der Waals surface area contributed by atoms with Crippen LogP contribution < -0.4 is 5.32 Å². The second kappa shape index (κ2) is 10.6. The van der Waals surface area contributed by atoms with Crippen LogP contribution in [-0.2, 0) is 14.3 Å². The van der Waals surface area contributed by atoms with Crippen LogP contribution in [0.25, 0.3) is 0 Å². The van der Waals surface area contributed by atoms with Crippen molar-refractivity contribution in [3.63, 3.8) is 0 Å². The number of ether oxygens (including phenoxy) is 1. The van der Waals surface area contributed by atoms with Crippen molar-refractivity contribution in [1.82, 2.24) is 4.90 Å². The smallest absolute Gasteiger partial charge is 0.242 e. The van der Waals surface area contributed by atoms with Gasteiger partial charge in [0.15, 0.2) is 5.17 Å². The second-order valence-electron chi connectivity index (χ2n) is 6.88. The lowest BCUT2D eigenvalue weighted by Crippen LogP contribution is -2.34. The van der Waals surface area contributed by atoms with Gasteiger partial charge in [-0.3, -0.25) is 14.5 Å². The Bertz CT molecular complexity index is 936. The number of carbonyl (C=O) groups is 2. The number of nitrogens with one attached hydrogen (secondary N) is 1. The summed E-state index contributed by atoms with van der Waals surface area (Å²) >= 11 is 7.35. The summed E-state index contributed by atoms with van der Waals surface area (Å²) in [6.07, 6.45) is 0.751. The van der Waals surface area contributed by atoms with Crippen LogP contribution in [0.3, 0.4) is 0 Å². The highest BCUT2D eigenvalue weighted by atomic mass is 35.5. The molecule has 0 aromatic heterocycles. The van der Waals surface area contributed by atoms with Crippen molar-refractivity contribution < 1.29 is 14.3 Å². The van der Waals surface area contributed by atoms with Crippen molar-refractivity contribution in [3.05, 3.63) is 59.1 Å². The van der Waals surface area contributed by atoms with E-state index in [2.05, 4.69) is 10.3 Å². The number of amidine groups is 1. The maximum atomic E-state index is 13.0. The molecule has 1 saturated heterocycles. The number of hydrogen-bond donors (Lipinski definition) is 1. The monoisotopic (exact) mass is 445 g/mol. The Kier molecular flexibility index (Phi) is 7.90. The average Bonchev–Trinajstić information content (AvgIpc) is 3.00. The third-order valence-electron chi connectivity index (χ3n) is 4.58. The maximum Gasteiger partial charge on any atom is 0.242 e. The number of halogens is 1. The number of anilines is 1. The van der Waals surface area contributed by atoms with E-state index in [1.54, 1.807) is 24.1 Å². The highest BCUT2D eigenvalue weighted by molar-refractivity contribution is 8.15. The Balaban J connectivity index is 1.73. The fourth-order valence-electron chi connectivity index (χ4n) is 3.01. The molecule has 0 aliphatic carbocycles. The van der Waals surface area contributed by atoms with Gasteiger partial charge in [0.25, 0.3) is 0 Å². The van der Waals surface area contributed by atoms with Crippen LogP contribution >= 0.6 is 23.4 Å². The van der Waals surface area contributed by atoms with Crippen LogP contribution in [0.4, 0.5) is 11.4 Å². The van der Waals surface area contributed by atoms with Crippen molar-refractivity contribution in [2.45, 2.75) is 25.0 Å². The molecule has 1 atom stereocenters. The number of benzene rings is 2. The first-order valence-electron chi connectivity index (χ1n) is 9.64. The zero-order valence-electron chi connectivity index (χ0n) is 16.9. The number of aliphatic imine (C=N–C) groups is 1. The molecule has 2 aromatic carbocycles. The van der Waals surface area contributed by atoms with E-state index in [1.807, 2.05) is 43.3 Å². The van der Waals surface area contributed by atoms with Crippen LogP contribution in [0.2, 0.25) is 5.02 Å². The zero-order chi connectivity index (χ0) is 21.5. The van der Waals surface area contributed by atoms with Gasteiger partial charge < -0.3 is 10.1 Å². The first kappa shape index (κ1) is 22.3. The summed E-state index contributed by atoms with van der Waals surface area (Å²) in [6, 6.07) is 14.8. The van der Waals surface area contributed by atoms with Gasteiger partial charge in [-0.15, -0.1) is 0 Å². The maximum absolute atomic E-state index is 13.0. The molecule has 1 fully saturated rings. The van der Waals surface area contributed by atoms with Gasteiger partial charge in [-0.05, 0) is 43.2 Å². The van der Waals surface area contributed by atoms with Crippen molar-refractivity contribution >= 4 is 51.7 Å². The molecular formula is C22H24ClN3O3S. The lowest BCUT2D eigenvalue weighted by Gasteiger charge is -2.16. The number of amides is 2. The topological polar surface area (TPSA) is 71.0 Å². The third-order valence-corrected chi connectivity index (χ3v) is 5.99. The van der Waals surface area contributed by atoms with E-state index >= 15 is 0 Å². The predicted octanol–water partition coefficient (Wildman–Crippen LogP) is 4.65. The molecule has 0 unspecified atom stereocenters. The minimum absolute atomic E-state index is 0.0596. The molecule has 1 heterocycles. The van der Waals surface area contributed by atoms with E-state index in [0.29, 0.717) is 35.5 Å². The quantitative estimate of drug-likeness (QED) is 0.600. The molecule has 8 heteroatoms. The van der Waals surface area contributed by atoms with Crippen LogP contribution in [0.1, 0.15) is 18.4 Å². The molecule has 2 amide bonds. The molecule has 1 aliphatic heterocycles. The number of methoxy groups -OCH3 is 1. The average molecular weight is 446 g/mol. The molecule has 30 heavy (non-hydrogen) atoms. The van der Waals surface area contributed by atoms with Gasteiger partial charge in [-0.2, -0.15) is 0 Å². The first-order chi connectivity index (χ1) is 14.5. The summed E-state index contributed by atoms with van der Waals surface area (Å²) in [5.74, 6) is -0.340. The van der Waals surface area contributed by atoms with E-state index in [1.165, 1.54) is 11.8 Å². The van der Waals surface area contributed by atoms with Crippen LogP contribution in [0.15, 0.2) is 53.5 Å². The third kappa shape index (κ3) is 5.84. The molecule has 0 radical (unpaired) electrons. The van der Waals surface area contributed by atoms with Crippen molar-refractivity contribution in [2.24, 2.45) is 4.99 Å². The van der Waals surface area contributed by atoms with Crippen molar-refractivity contribution in [1.29, 1.82) is 0 Å². The fraction of sp³-hybridized carbons (Fsp3) is 0.318. The van der Waals surface area contributed by atoms with Crippen LogP contribution in [-0.4, -0.2) is 47.4 Å². The van der Waals surface area contributed by atoms with Gasteiger partial charge in [0, 0.05) is 37.4 Å². The molecule has 1 N–H and O–H groups in total. The summed E-state index contributed by atoms with van der Waals surface area (Å²) in [6.45, 7) is 2.94. The van der Waals surface area contributed by atoms with Gasteiger partial charge >= 0.3 is 0 Å². The molecule has 0 spiro atoms. The second-order valence-corrected chi connectivity index (χ2v) is 8.49. The van der Waals surface area contributed by atoms with Gasteiger partial charge in [-0.1, -0.05) is 47.6 Å². The van der Waals surface area contributed by atoms with E-state index < -0.39 is 5.25 Å². The van der Waals surface area contributed by atoms with E-state index in [-0.39, 0.29) is 18.2 Å². The number of aryl methyl sites for hydroxylation is 1. The Morgan fingerprint density at radius 2 is 2.03 bits per heavy atom. The normalized spacial score (nSPS) is 17.6. The lowest BCUT2D eigenvalue weighted by molar-refractivity contribution is -0.128. The number of carbonyl (C=O) groups excluding carboxylic acids is 2. The van der Waals surface area contributed by atoms with Gasteiger partial charge in [0.1, 0.15) is 5.25 Å². The Hall–Kier alpha value is -2.35. The zero-order valence-corrected chi connectivity index (χ0v) is 18.5. The first-order valence-corrected chi connectivity index (χ1v) is 10.9. The minimum atomic E-state index is -0.519. The Morgan fingerprint density at radius 3 is 2.77 bits per heavy atom. The Morgan fingerprint density at radius 1 is 1.27 bits per heavy atom. The van der Waals surface area contributed by atoms with E-state index in [0.717, 1.165) is 11.3 Å². The number of nitrogens with zero attached hydrogens (tertiary/aromatic N) is 2. The highest BCUT2D eigenvalue weighted by Gasteiger charge is 2.38. The largest absolute Gasteiger partial charge is 0.385 e. The molecule has 2 aromatic rings. The highest BCUT2D eigenvalue weighted by Crippen LogP contribution is 2.32. The number of thioether (sulfide) groups is 1. The molecular weight excluding hydrogens is 422 g/mol. The predicted molar refractivity (Wildman–Crippen MR) is 123 cm³/mol. The van der Waals surface area contributed by atoms with Gasteiger partial charge in [0.05, 0.1) is 5.69 Å². The molecule has 1 aliphatic rings. The van der Waals surface area contributed by atoms with E-state index in [9.17, 15) is 9.59 Å². The van der Waals surface area contributed by atoms with Crippen molar-refractivity contribution in [3.8, 4) is 0 Å². The SMILES string of the molecule is COCCCN1C(=O)[C@@H](CC(=O)Nc2cc(Cl)ccc2C)SC1=Nc1ccccc1. The van der Waals surface area contributed by atoms with Gasteiger partial charge in [0.2, 0.25) is 11.8 Å². The summed E-state index contributed by atoms with van der Waals surface area (Å²) in [7, 11) is 1.63. The summed E-state index contributed by atoms with van der Waals surface area (Å²) in [4.78, 5) is 31.9. The summed E-state index contributed by atoms with van der Waals surface area (Å²) in [5, 5.41) is 3.50. The van der Waals surface area contributed by atoms with Crippen LogP contribution in [0, 0.1) is 6.92 Å². The number of para-hydroxylation sites is 1. The van der Waals surface area contributed by atoms with Crippen LogP contribution in [0.5, 0.6) is 0 Å². The molecule has 0 saturated carbocycles. The molecule has 3 rings (SSSR count). The lowest BCUT2D eigenvalue weighted by atomic mass is 10.2. The standard InChI is InChI=1S/C22H24ClN3O3S/c1-15-9-10-16(23)13-18(15)25-20(27)14-19-21(28)26(11-6-12-29-2)22(30-19)24-17-7-4-3-5-8-17/h3-5,7-10,13,19H,6,11-12,14H2,1-2H3,(H,25,27)/t19-/m1/s1. The van der Waals surface area contributed by atoms with Gasteiger partial charge in [-0.25, -0.2) is 4.99 Å². The summed E-state index contributed by atoms with van der Waals surface area (Å²) in [5.41, 5.74) is 2.33. The number of hydrogen-bond acceptors (Lipinski definition) is 5. The fourth-order valence-corrected chi connectivity index (χ4v) is 4.37.